The Morgan fingerprint density at radius 1 is 0.889 bits per heavy atom. The molecule has 0 radical (unpaired) electrons. The number of carbonyl (C=O) groups is 2. The fourth-order valence-electron chi connectivity index (χ4n) is 2.89. The number of carbonyl (C=O) groups excluding carboxylic acids is 2. The third kappa shape index (κ3) is 3.48. The van der Waals surface area contributed by atoms with Gasteiger partial charge in [0.1, 0.15) is 5.82 Å². The second kappa shape index (κ2) is 6.88. The number of hydrogen-bond acceptors (Lipinski definition) is 3. The second-order valence-corrected chi connectivity index (χ2v) is 6.27. The highest BCUT2D eigenvalue weighted by atomic mass is 16.1. The van der Waals surface area contributed by atoms with Gasteiger partial charge in [0.15, 0.2) is 5.78 Å². The van der Waals surface area contributed by atoms with Crippen molar-refractivity contribution in [3.8, 4) is 11.4 Å². The molecule has 4 aromatic rings. The molecule has 5 heteroatoms. The molecule has 1 heterocycles. The normalized spacial score (nSPS) is 10.7. The minimum atomic E-state index is -0.230. The first-order valence-corrected chi connectivity index (χ1v) is 8.58. The van der Waals surface area contributed by atoms with E-state index < -0.39 is 0 Å². The Labute approximate surface area is 156 Å². The minimum Gasteiger partial charge on any atom is -0.338 e. The van der Waals surface area contributed by atoms with Crippen molar-refractivity contribution < 1.29 is 9.59 Å². The lowest BCUT2D eigenvalue weighted by Gasteiger charge is -2.07. The zero-order valence-corrected chi connectivity index (χ0v) is 14.7. The average Bonchev–Trinajstić information content (AvgIpc) is 3.12. The van der Waals surface area contributed by atoms with Crippen LogP contribution in [0, 0.1) is 0 Å². The highest BCUT2D eigenvalue weighted by Gasteiger charge is 2.09. The largest absolute Gasteiger partial charge is 0.338 e. The first-order valence-electron chi connectivity index (χ1n) is 8.58. The van der Waals surface area contributed by atoms with Gasteiger partial charge in [-0.3, -0.25) is 9.59 Å². The van der Waals surface area contributed by atoms with E-state index in [0.29, 0.717) is 16.8 Å². The molecule has 0 aliphatic carbocycles. The second-order valence-electron chi connectivity index (χ2n) is 6.27. The van der Waals surface area contributed by atoms with Crippen LogP contribution in [0.4, 0.5) is 5.69 Å². The number of ketones is 1. The Bertz CT molecular complexity index is 1110. The molecule has 4 rings (SSSR count). The Kier molecular flexibility index (Phi) is 4.26. The third-order valence-electron chi connectivity index (χ3n) is 4.34. The number of fused-ring (bicyclic) bond motifs is 1. The lowest BCUT2D eigenvalue weighted by molar-refractivity contribution is 0.101. The SMILES string of the molecule is CC(=O)c1cccc(NC(=O)c2ccc(-c3nc4ccccc4[nH]3)cc2)c1. The molecule has 1 aromatic heterocycles. The summed E-state index contributed by atoms with van der Waals surface area (Å²) in [7, 11) is 0. The lowest BCUT2D eigenvalue weighted by Crippen LogP contribution is -2.12. The van der Waals surface area contributed by atoms with Crippen LogP contribution in [-0.4, -0.2) is 21.7 Å². The fourth-order valence-corrected chi connectivity index (χ4v) is 2.89. The average molecular weight is 355 g/mol. The maximum atomic E-state index is 12.5. The minimum absolute atomic E-state index is 0.0405. The van der Waals surface area contributed by atoms with Crippen molar-refractivity contribution in [3.05, 3.63) is 83.9 Å². The van der Waals surface area contributed by atoms with E-state index in [4.69, 9.17) is 0 Å². The molecule has 2 N–H and O–H groups in total. The van der Waals surface area contributed by atoms with Crippen molar-refractivity contribution in [2.75, 3.05) is 5.32 Å². The Morgan fingerprint density at radius 3 is 2.41 bits per heavy atom. The van der Waals surface area contributed by atoms with Crippen LogP contribution in [0.1, 0.15) is 27.6 Å². The summed E-state index contributed by atoms with van der Waals surface area (Å²) in [6, 6.07) is 22.0. The Morgan fingerprint density at radius 2 is 1.67 bits per heavy atom. The van der Waals surface area contributed by atoms with Crippen molar-refractivity contribution in [2.45, 2.75) is 6.92 Å². The van der Waals surface area contributed by atoms with Gasteiger partial charge in [0.2, 0.25) is 0 Å². The number of rotatable bonds is 4. The summed E-state index contributed by atoms with van der Waals surface area (Å²) in [5.41, 5.74) is 4.46. The molecule has 0 saturated carbocycles. The number of Topliss-reactive ketones (excluding diaryl/α,β-unsaturated/α-hetero) is 1. The molecule has 0 bridgehead atoms. The number of amides is 1. The topological polar surface area (TPSA) is 74.8 Å². The molecule has 0 unspecified atom stereocenters. The van der Waals surface area contributed by atoms with Gasteiger partial charge >= 0.3 is 0 Å². The number of aromatic amines is 1. The number of imidazole rings is 1. The number of para-hydroxylation sites is 2. The molecular formula is C22H17N3O2. The van der Waals surface area contributed by atoms with Crippen LogP contribution in [0.25, 0.3) is 22.4 Å². The number of anilines is 1. The molecule has 0 aliphatic rings. The van der Waals surface area contributed by atoms with Gasteiger partial charge < -0.3 is 10.3 Å². The molecule has 0 saturated heterocycles. The van der Waals surface area contributed by atoms with Crippen molar-refractivity contribution in [3.63, 3.8) is 0 Å². The van der Waals surface area contributed by atoms with Crippen LogP contribution >= 0.6 is 0 Å². The van der Waals surface area contributed by atoms with E-state index in [0.717, 1.165) is 22.4 Å². The van der Waals surface area contributed by atoms with Gasteiger partial charge in [0.25, 0.3) is 5.91 Å². The van der Waals surface area contributed by atoms with Gasteiger partial charge in [-0.05, 0) is 43.3 Å². The molecule has 1 amide bonds. The number of hydrogen-bond donors (Lipinski definition) is 2. The summed E-state index contributed by atoms with van der Waals surface area (Å²) < 4.78 is 0. The van der Waals surface area contributed by atoms with Crippen LogP contribution in [0.15, 0.2) is 72.8 Å². The number of H-pyrrole nitrogens is 1. The molecular weight excluding hydrogens is 338 g/mol. The van der Waals surface area contributed by atoms with Gasteiger partial charge in [-0.1, -0.05) is 36.4 Å². The van der Waals surface area contributed by atoms with Gasteiger partial charge in [-0.15, -0.1) is 0 Å². The first kappa shape index (κ1) is 16.7. The van der Waals surface area contributed by atoms with Gasteiger partial charge in [-0.2, -0.15) is 0 Å². The van der Waals surface area contributed by atoms with Crippen LogP contribution < -0.4 is 5.32 Å². The van der Waals surface area contributed by atoms with E-state index in [-0.39, 0.29) is 11.7 Å². The molecule has 3 aromatic carbocycles. The molecule has 0 atom stereocenters. The smallest absolute Gasteiger partial charge is 0.255 e. The number of nitrogens with one attached hydrogen (secondary N) is 2. The number of nitrogens with zero attached hydrogens (tertiary/aromatic N) is 1. The molecule has 0 spiro atoms. The Balaban J connectivity index is 1.54. The van der Waals surface area contributed by atoms with Crippen LogP contribution in [-0.2, 0) is 0 Å². The van der Waals surface area contributed by atoms with Crippen molar-refractivity contribution in [1.82, 2.24) is 9.97 Å². The lowest BCUT2D eigenvalue weighted by atomic mass is 10.1. The molecule has 5 nitrogen and oxygen atoms in total. The summed E-state index contributed by atoms with van der Waals surface area (Å²) in [6.45, 7) is 1.50. The fraction of sp³-hybridized carbons (Fsp3) is 0.0455. The quantitative estimate of drug-likeness (QED) is 0.522. The summed E-state index contributed by atoms with van der Waals surface area (Å²) >= 11 is 0. The standard InChI is InChI=1S/C22H17N3O2/c1-14(26)17-5-4-6-18(13-17)23-22(27)16-11-9-15(10-12-16)21-24-19-7-2-3-8-20(19)25-21/h2-13H,1H3,(H,23,27)(H,24,25). The number of benzene rings is 3. The summed E-state index contributed by atoms with van der Waals surface area (Å²) in [5.74, 6) is 0.491. The molecule has 0 aliphatic heterocycles. The van der Waals surface area contributed by atoms with E-state index in [9.17, 15) is 9.59 Å². The summed E-state index contributed by atoms with van der Waals surface area (Å²) in [5, 5.41) is 2.82. The summed E-state index contributed by atoms with van der Waals surface area (Å²) in [4.78, 5) is 31.8. The van der Waals surface area contributed by atoms with Gasteiger partial charge in [0.05, 0.1) is 11.0 Å². The number of aromatic nitrogens is 2. The van der Waals surface area contributed by atoms with E-state index in [1.54, 1.807) is 36.4 Å². The predicted octanol–water partition coefficient (Wildman–Crippen LogP) is 4.68. The van der Waals surface area contributed by atoms with E-state index in [1.165, 1.54) is 6.92 Å². The van der Waals surface area contributed by atoms with Crippen LogP contribution in [0.2, 0.25) is 0 Å². The van der Waals surface area contributed by atoms with Crippen LogP contribution in [0.5, 0.6) is 0 Å². The van der Waals surface area contributed by atoms with E-state index >= 15 is 0 Å². The van der Waals surface area contributed by atoms with Crippen molar-refractivity contribution >= 4 is 28.4 Å². The first-order chi connectivity index (χ1) is 13.1. The Hall–Kier alpha value is -3.73. The zero-order valence-electron chi connectivity index (χ0n) is 14.7. The molecule has 27 heavy (non-hydrogen) atoms. The van der Waals surface area contributed by atoms with E-state index in [2.05, 4.69) is 15.3 Å². The summed E-state index contributed by atoms with van der Waals surface area (Å²) in [6.07, 6.45) is 0. The molecule has 132 valence electrons. The molecule has 0 fully saturated rings. The van der Waals surface area contributed by atoms with Crippen molar-refractivity contribution in [2.24, 2.45) is 0 Å². The van der Waals surface area contributed by atoms with Gasteiger partial charge in [-0.25, -0.2) is 4.98 Å². The predicted molar refractivity (Wildman–Crippen MR) is 106 cm³/mol. The zero-order chi connectivity index (χ0) is 18.8. The third-order valence-corrected chi connectivity index (χ3v) is 4.34. The van der Waals surface area contributed by atoms with Gasteiger partial charge in [0, 0.05) is 22.4 Å². The highest BCUT2D eigenvalue weighted by molar-refractivity contribution is 6.05. The maximum absolute atomic E-state index is 12.5. The highest BCUT2D eigenvalue weighted by Crippen LogP contribution is 2.21. The van der Waals surface area contributed by atoms with Crippen LogP contribution in [0.3, 0.4) is 0 Å². The monoisotopic (exact) mass is 355 g/mol. The van der Waals surface area contributed by atoms with Crippen molar-refractivity contribution in [1.29, 1.82) is 0 Å². The maximum Gasteiger partial charge on any atom is 0.255 e. The van der Waals surface area contributed by atoms with E-state index in [1.807, 2.05) is 36.4 Å².